The third-order valence-electron chi connectivity index (χ3n) is 3.33. The maximum atomic E-state index is 7.48. The molecule has 0 aromatic carbocycles. The first-order chi connectivity index (χ1) is 8.48. The van der Waals surface area contributed by atoms with Crippen LogP contribution in [0.2, 0.25) is 0 Å². The zero-order valence-corrected chi connectivity index (χ0v) is 11.9. The van der Waals surface area contributed by atoms with Gasteiger partial charge >= 0.3 is 0 Å². The van der Waals surface area contributed by atoms with Gasteiger partial charge in [-0.2, -0.15) is 10.5 Å². The molecule has 0 aromatic heterocycles. The minimum absolute atomic E-state index is 0.370. The van der Waals surface area contributed by atoms with Crippen LogP contribution >= 0.6 is 0 Å². The van der Waals surface area contributed by atoms with Gasteiger partial charge in [0, 0.05) is 12.8 Å². The van der Waals surface area contributed by atoms with Crippen molar-refractivity contribution < 1.29 is 9.22 Å². The predicted molar refractivity (Wildman–Crippen MR) is 69.8 cm³/mol. The predicted octanol–water partition coefficient (Wildman–Crippen LogP) is 1.93. The summed E-state index contributed by atoms with van der Waals surface area (Å²) in [6.07, 6.45) is 5.93. The Balaban J connectivity index is 0.000000494. The lowest BCUT2D eigenvalue weighted by atomic mass is 10.3. The summed E-state index contributed by atoms with van der Waals surface area (Å²) in [5.74, 6) is 0. The largest absolute Gasteiger partial charge is 0.329 e. The van der Waals surface area contributed by atoms with Crippen LogP contribution in [0.3, 0.4) is 0 Å². The highest BCUT2D eigenvalue weighted by atomic mass is 16.5. The molecule has 102 valence electrons. The summed E-state index contributed by atoms with van der Waals surface area (Å²) in [6, 6.07) is 0.709. The van der Waals surface area contributed by atoms with Crippen molar-refractivity contribution in [3.63, 3.8) is 0 Å². The van der Waals surface area contributed by atoms with Crippen LogP contribution in [0, 0.1) is 22.9 Å². The molecule has 1 N–H and O–H groups in total. The van der Waals surface area contributed by atoms with Crippen molar-refractivity contribution in [3.8, 4) is 12.4 Å². The highest BCUT2D eigenvalue weighted by Crippen LogP contribution is 2.23. The normalized spacial score (nSPS) is 16.7. The molecule has 18 heavy (non-hydrogen) atoms. The van der Waals surface area contributed by atoms with Gasteiger partial charge in [0.1, 0.15) is 0 Å². The Morgan fingerprint density at radius 1 is 1.11 bits per heavy atom. The molecule has 1 aliphatic heterocycles. The standard InChI is InChI=1S/C11H24NO.C2HN3/c1-10(2)12(7-5-6-8-12)9-13-11(3)4;3-1-5-2-4/h10-11H,5-9H2,1-4H3;5H/q+1;. The molecule has 0 amide bonds. The van der Waals surface area contributed by atoms with Gasteiger partial charge < -0.3 is 4.74 Å². The van der Waals surface area contributed by atoms with E-state index in [1.165, 1.54) is 42.8 Å². The van der Waals surface area contributed by atoms with Gasteiger partial charge in [0.05, 0.1) is 25.2 Å². The van der Waals surface area contributed by atoms with Crippen molar-refractivity contribution in [1.82, 2.24) is 5.32 Å². The number of quaternary nitrogens is 1. The molecule has 0 aromatic rings. The summed E-state index contributed by atoms with van der Waals surface area (Å²) in [5, 5.41) is 16.7. The van der Waals surface area contributed by atoms with Crippen molar-refractivity contribution in [1.29, 1.82) is 10.5 Å². The van der Waals surface area contributed by atoms with Crippen molar-refractivity contribution in [3.05, 3.63) is 0 Å². The molecule has 0 aliphatic carbocycles. The van der Waals surface area contributed by atoms with Crippen LogP contribution in [0.5, 0.6) is 0 Å². The average molecular weight is 253 g/mol. The van der Waals surface area contributed by atoms with E-state index in [1.807, 2.05) is 0 Å². The van der Waals surface area contributed by atoms with Gasteiger partial charge in [-0.25, -0.2) is 5.32 Å². The number of nitrogens with one attached hydrogen (secondary N) is 1. The van der Waals surface area contributed by atoms with E-state index in [-0.39, 0.29) is 0 Å². The Bertz CT molecular complexity index is 283. The first-order valence-electron chi connectivity index (χ1n) is 6.49. The van der Waals surface area contributed by atoms with Crippen LogP contribution in [-0.2, 0) is 4.74 Å². The zero-order valence-electron chi connectivity index (χ0n) is 11.9. The van der Waals surface area contributed by atoms with E-state index in [9.17, 15) is 0 Å². The van der Waals surface area contributed by atoms with Gasteiger partial charge in [0.15, 0.2) is 19.1 Å². The molecule has 0 radical (unpaired) electrons. The van der Waals surface area contributed by atoms with E-state index in [4.69, 9.17) is 15.3 Å². The molecule has 1 fully saturated rings. The number of nitrogens with zero attached hydrogens (tertiary/aromatic N) is 3. The molecule has 5 nitrogen and oxygen atoms in total. The van der Waals surface area contributed by atoms with Gasteiger partial charge in [0.25, 0.3) is 0 Å². The summed E-state index contributed by atoms with van der Waals surface area (Å²) in [4.78, 5) is 0. The van der Waals surface area contributed by atoms with E-state index in [1.54, 1.807) is 5.32 Å². The van der Waals surface area contributed by atoms with Crippen LogP contribution in [0.15, 0.2) is 0 Å². The molecule has 0 unspecified atom stereocenters. The van der Waals surface area contributed by atoms with Crippen molar-refractivity contribution in [2.24, 2.45) is 0 Å². The van der Waals surface area contributed by atoms with E-state index in [2.05, 4.69) is 27.7 Å². The highest BCUT2D eigenvalue weighted by molar-refractivity contribution is 4.77. The summed E-state index contributed by atoms with van der Waals surface area (Å²) in [6.45, 7) is 12.4. The second-order valence-electron chi connectivity index (χ2n) is 5.16. The van der Waals surface area contributed by atoms with Gasteiger partial charge in [-0.15, -0.1) is 0 Å². The minimum atomic E-state index is 0.370. The van der Waals surface area contributed by atoms with Gasteiger partial charge in [-0.05, 0) is 27.7 Å². The molecule has 1 saturated heterocycles. The molecular formula is C13H25N4O+. The smallest absolute Gasteiger partial charge is 0.190 e. The summed E-state index contributed by atoms with van der Waals surface area (Å²) < 4.78 is 6.94. The molecule has 0 spiro atoms. The Kier molecular flexibility index (Phi) is 8.11. The van der Waals surface area contributed by atoms with Crippen LogP contribution in [0.4, 0.5) is 0 Å². The lowest BCUT2D eigenvalue weighted by Gasteiger charge is -2.38. The maximum Gasteiger partial charge on any atom is 0.190 e. The van der Waals surface area contributed by atoms with E-state index in [0.29, 0.717) is 12.1 Å². The second-order valence-corrected chi connectivity index (χ2v) is 5.16. The molecule has 0 atom stereocenters. The molecule has 1 aliphatic rings. The molecule has 1 heterocycles. The highest BCUT2D eigenvalue weighted by Gasteiger charge is 2.35. The number of ether oxygens (including phenoxy) is 1. The first kappa shape index (κ1) is 16.7. The zero-order chi connectivity index (χ0) is 14.0. The summed E-state index contributed by atoms with van der Waals surface area (Å²) in [5.41, 5.74) is 0. The molecule has 1 rings (SSSR count). The molecule has 0 bridgehead atoms. The fraction of sp³-hybridized carbons (Fsp3) is 0.846. The Hall–Kier alpha value is -1.30. The maximum absolute atomic E-state index is 7.48. The van der Waals surface area contributed by atoms with Crippen molar-refractivity contribution >= 4 is 0 Å². The number of nitriles is 2. The molecule has 5 heteroatoms. The van der Waals surface area contributed by atoms with E-state index in [0.717, 1.165) is 6.73 Å². The fourth-order valence-corrected chi connectivity index (χ4v) is 2.08. The Labute approximate surface area is 111 Å². The number of likely N-dealkylation sites (tertiary alicyclic amines) is 1. The van der Waals surface area contributed by atoms with Crippen LogP contribution in [0.25, 0.3) is 0 Å². The average Bonchev–Trinajstić information content (AvgIpc) is 2.78. The van der Waals surface area contributed by atoms with Gasteiger partial charge in [-0.1, -0.05) is 0 Å². The lowest BCUT2D eigenvalue weighted by molar-refractivity contribution is -0.954. The summed E-state index contributed by atoms with van der Waals surface area (Å²) >= 11 is 0. The van der Waals surface area contributed by atoms with Crippen LogP contribution in [-0.4, -0.2) is 36.4 Å². The van der Waals surface area contributed by atoms with E-state index >= 15 is 0 Å². The number of hydrogen-bond donors (Lipinski definition) is 1. The summed E-state index contributed by atoms with van der Waals surface area (Å²) in [7, 11) is 0. The van der Waals surface area contributed by atoms with E-state index < -0.39 is 0 Å². The monoisotopic (exact) mass is 253 g/mol. The second kappa shape index (κ2) is 8.74. The van der Waals surface area contributed by atoms with Crippen LogP contribution in [0.1, 0.15) is 40.5 Å². The topological polar surface area (TPSA) is 68.8 Å². The Morgan fingerprint density at radius 3 is 1.89 bits per heavy atom. The van der Waals surface area contributed by atoms with Crippen molar-refractivity contribution in [2.75, 3.05) is 19.8 Å². The molecular weight excluding hydrogens is 228 g/mol. The number of hydrogen-bond acceptors (Lipinski definition) is 4. The van der Waals surface area contributed by atoms with Gasteiger partial charge in [0.2, 0.25) is 0 Å². The van der Waals surface area contributed by atoms with Crippen LogP contribution < -0.4 is 5.32 Å². The third kappa shape index (κ3) is 5.86. The lowest BCUT2D eigenvalue weighted by Crippen LogP contribution is -2.52. The number of rotatable bonds is 4. The van der Waals surface area contributed by atoms with Gasteiger partial charge in [-0.3, -0.25) is 4.48 Å². The molecule has 0 saturated carbocycles. The minimum Gasteiger partial charge on any atom is -0.329 e. The quantitative estimate of drug-likeness (QED) is 0.472. The fourth-order valence-electron chi connectivity index (χ4n) is 2.08. The Morgan fingerprint density at radius 2 is 1.61 bits per heavy atom. The SMILES string of the molecule is CC(C)OC[N+]1(C(C)C)CCCC1.N#CNC#N. The van der Waals surface area contributed by atoms with Crippen molar-refractivity contribution in [2.45, 2.75) is 52.7 Å². The first-order valence-corrected chi connectivity index (χ1v) is 6.49. The third-order valence-corrected chi connectivity index (χ3v) is 3.33.